The number of alkyl halides is 3. The van der Waals surface area contributed by atoms with E-state index in [1.165, 1.54) is 0 Å². The first-order chi connectivity index (χ1) is 11.7. The molecule has 0 aliphatic carbocycles. The van der Waals surface area contributed by atoms with Crippen molar-refractivity contribution >= 4 is 18.2 Å². The molecule has 0 unspecified atom stereocenters. The van der Waals surface area contributed by atoms with Gasteiger partial charge in [-0.15, -0.1) is 12.4 Å². The number of carbonyl (C=O) groups excluding carboxylic acids is 1. The van der Waals surface area contributed by atoms with E-state index in [-0.39, 0.29) is 19.0 Å². The zero-order valence-corrected chi connectivity index (χ0v) is 15.0. The lowest BCUT2D eigenvalue weighted by atomic mass is 10.0. The summed E-state index contributed by atoms with van der Waals surface area (Å²) in [6.45, 7) is 1.61. The van der Waals surface area contributed by atoms with Crippen LogP contribution in [-0.2, 0) is 19.3 Å². The Morgan fingerprint density at radius 2 is 1.85 bits per heavy atom. The van der Waals surface area contributed by atoms with E-state index >= 15 is 0 Å². The van der Waals surface area contributed by atoms with Crippen molar-refractivity contribution in [2.24, 2.45) is 0 Å². The molecule has 0 radical (unpaired) electrons. The van der Waals surface area contributed by atoms with E-state index in [2.05, 4.69) is 5.32 Å². The SMILES string of the molecule is CNCc1cccc(COc2ccc(C(C)=O)c(O)c2C(F)(F)F)c1.Cl. The molecule has 0 spiro atoms. The summed E-state index contributed by atoms with van der Waals surface area (Å²) in [5.41, 5.74) is -0.0762. The molecule has 0 saturated heterocycles. The van der Waals surface area contributed by atoms with E-state index < -0.39 is 34.6 Å². The maximum absolute atomic E-state index is 13.3. The number of benzene rings is 2. The van der Waals surface area contributed by atoms with Crippen molar-refractivity contribution in [3.63, 3.8) is 0 Å². The van der Waals surface area contributed by atoms with Crippen molar-refractivity contribution in [3.05, 3.63) is 58.7 Å². The average Bonchev–Trinajstić information content (AvgIpc) is 2.52. The monoisotopic (exact) mass is 389 g/mol. The molecule has 4 nitrogen and oxygen atoms in total. The number of phenolic OH excluding ortho intramolecular Hbond substituents is 1. The highest BCUT2D eigenvalue weighted by molar-refractivity contribution is 5.97. The zero-order valence-electron chi connectivity index (χ0n) is 14.2. The maximum atomic E-state index is 13.3. The van der Waals surface area contributed by atoms with Crippen molar-refractivity contribution in [2.75, 3.05) is 7.05 Å². The lowest BCUT2D eigenvalue weighted by Gasteiger charge is -2.17. The van der Waals surface area contributed by atoms with Gasteiger partial charge in [-0.05, 0) is 37.2 Å². The van der Waals surface area contributed by atoms with Gasteiger partial charge < -0.3 is 15.2 Å². The molecule has 2 N–H and O–H groups in total. The summed E-state index contributed by atoms with van der Waals surface area (Å²) in [6.07, 6.45) is -4.85. The number of hydrogen-bond acceptors (Lipinski definition) is 4. The molecule has 0 aromatic heterocycles. The first-order valence-corrected chi connectivity index (χ1v) is 7.53. The van der Waals surface area contributed by atoms with E-state index in [0.29, 0.717) is 12.1 Å². The van der Waals surface area contributed by atoms with Crippen LogP contribution in [0, 0.1) is 0 Å². The molecule has 0 amide bonds. The smallest absolute Gasteiger partial charge is 0.423 e. The predicted octanol–water partition coefficient (Wildman–Crippen LogP) is 4.33. The van der Waals surface area contributed by atoms with Crippen LogP contribution in [0.1, 0.15) is 34.0 Å². The average molecular weight is 390 g/mol. The van der Waals surface area contributed by atoms with Crippen LogP contribution in [0.5, 0.6) is 11.5 Å². The minimum Gasteiger partial charge on any atom is -0.506 e. The van der Waals surface area contributed by atoms with Gasteiger partial charge in [-0.3, -0.25) is 4.79 Å². The van der Waals surface area contributed by atoms with Crippen LogP contribution in [0.2, 0.25) is 0 Å². The molecule has 0 aliphatic heterocycles. The van der Waals surface area contributed by atoms with Gasteiger partial charge >= 0.3 is 6.18 Å². The van der Waals surface area contributed by atoms with Crippen LogP contribution < -0.4 is 10.1 Å². The normalized spacial score (nSPS) is 11.0. The Morgan fingerprint density at radius 3 is 2.42 bits per heavy atom. The van der Waals surface area contributed by atoms with Crippen molar-refractivity contribution in [2.45, 2.75) is 26.3 Å². The van der Waals surface area contributed by atoms with E-state index in [1.54, 1.807) is 19.2 Å². The highest BCUT2D eigenvalue weighted by Gasteiger charge is 2.39. The molecule has 142 valence electrons. The first-order valence-electron chi connectivity index (χ1n) is 7.53. The minimum absolute atomic E-state index is 0. The Hall–Kier alpha value is -2.25. The Labute approximate surface area is 155 Å². The fourth-order valence-electron chi connectivity index (χ4n) is 2.45. The highest BCUT2D eigenvalue weighted by atomic mass is 35.5. The van der Waals surface area contributed by atoms with Crippen LogP contribution in [0.4, 0.5) is 13.2 Å². The predicted molar refractivity (Wildman–Crippen MR) is 93.9 cm³/mol. The third kappa shape index (κ3) is 5.12. The number of hydrogen-bond donors (Lipinski definition) is 2. The number of phenols is 1. The van der Waals surface area contributed by atoms with Gasteiger partial charge in [0, 0.05) is 6.54 Å². The number of aromatic hydroxyl groups is 1. The topological polar surface area (TPSA) is 58.6 Å². The summed E-state index contributed by atoms with van der Waals surface area (Å²) in [6, 6.07) is 9.39. The van der Waals surface area contributed by atoms with Gasteiger partial charge in [-0.2, -0.15) is 13.2 Å². The Morgan fingerprint density at radius 1 is 1.19 bits per heavy atom. The molecule has 2 aromatic carbocycles. The molecule has 0 heterocycles. The second-order valence-electron chi connectivity index (χ2n) is 5.53. The summed E-state index contributed by atoms with van der Waals surface area (Å²) in [7, 11) is 1.79. The van der Waals surface area contributed by atoms with Crippen LogP contribution in [0.3, 0.4) is 0 Å². The molecule has 0 aliphatic rings. The lowest BCUT2D eigenvalue weighted by Crippen LogP contribution is -2.11. The summed E-state index contributed by atoms with van der Waals surface area (Å²) in [4.78, 5) is 11.4. The van der Waals surface area contributed by atoms with Gasteiger partial charge in [-0.25, -0.2) is 0 Å². The third-order valence-electron chi connectivity index (χ3n) is 3.57. The van der Waals surface area contributed by atoms with Gasteiger partial charge in [-0.1, -0.05) is 24.3 Å². The van der Waals surface area contributed by atoms with E-state index in [1.807, 2.05) is 12.1 Å². The summed E-state index contributed by atoms with van der Waals surface area (Å²) in [5, 5.41) is 12.8. The molecule has 0 atom stereocenters. The van der Waals surface area contributed by atoms with Crippen molar-refractivity contribution in [3.8, 4) is 11.5 Å². The third-order valence-corrected chi connectivity index (χ3v) is 3.57. The molecule has 0 fully saturated rings. The standard InChI is InChI=1S/C18H18F3NO3.ClH/c1-11(23)14-6-7-15(16(17(14)24)18(19,20)21)25-10-13-5-3-4-12(8-13)9-22-2;/h3-8,22,24H,9-10H2,1-2H3;1H. The number of rotatable bonds is 6. The van der Waals surface area contributed by atoms with Crippen LogP contribution in [0.25, 0.3) is 0 Å². The van der Waals surface area contributed by atoms with Crippen LogP contribution in [-0.4, -0.2) is 17.9 Å². The molecular formula is C18H19ClF3NO3. The number of nitrogens with one attached hydrogen (secondary N) is 1. The quantitative estimate of drug-likeness (QED) is 0.722. The van der Waals surface area contributed by atoms with E-state index in [9.17, 15) is 23.1 Å². The molecule has 8 heteroatoms. The van der Waals surface area contributed by atoms with Crippen molar-refractivity contribution < 1.29 is 27.8 Å². The number of ketones is 1. The Bertz CT molecular complexity index is 779. The molecular weight excluding hydrogens is 371 g/mol. The van der Waals surface area contributed by atoms with Crippen LogP contribution in [0.15, 0.2) is 36.4 Å². The molecule has 0 saturated carbocycles. The second-order valence-corrected chi connectivity index (χ2v) is 5.53. The van der Waals surface area contributed by atoms with Gasteiger partial charge in [0.25, 0.3) is 0 Å². The summed E-state index contributed by atoms with van der Waals surface area (Å²) >= 11 is 0. The number of ether oxygens (including phenoxy) is 1. The zero-order chi connectivity index (χ0) is 18.6. The minimum atomic E-state index is -4.85. The van der Waals surface area contributed by atoms with Gasteiger partial charge in [0.05, 0.1) is 5.56 Å². The van der Waals surface area contributed by atoms with Gasteiger partial charge in [0.1, 0.15) is 23.7 Å². The van der Waals surface area contributed by atoms with E-state index in [0.717, 1.165) is 24.6 Å². The lowest BCUT2D eigenvalue weighted by molar-refractivity contribution is -0.140. The molecule has 0 bridgehead atoms. The summed E-state index contributed by atoms with van der Waals surface area (Å²) in [5.74, 6) is -2.29. The van der Waals surface area contributed by atoms with Gasteiger partial charge in [0.2, 0.25) is 0 Å². The molecule has 26 heavy (non-hydrogen) atoms. The fraction of sp³-hybridized carbons (Fsp3) is 0.278. The Balaban J connectivity index is 0.00000338. The number of carbonyl (C=O) groups is 1. The highest BCUT2D eigenvalue weighted by Crippen LogP contribution is 2.44. The second kappa shape index (κ2) is 8.91. The van der Waals surface area contributed by atoms with Crippen molar-refractivity contribution in [1.29, 1.82) is 0 Å². The van der Waals surface area contributed by atoms with E-state index in [4.69, 9.17) is 4.74 Å². The van der Waals surface area contributed by atoms with Gasteiger partial charge in [0.15, 0.2) is 5.78 Å². The Kier molecular flexibility index (Phi) is 7.47. The molecule has 2 aromatic rings. The summed E-state index contributed by atoms with van der Waals surface area (Å²) < 4.78 is 45.1. The first kappa shape index (κ1) is 21.8. The van der Waals surface area contributed by atoms with Crippen molar-refractivity contribution in [1.82, 2.24) is 5.32 Å². The van der Waals surface area contributed by atoms with Crippen LogP contribution >= 0.6 is 12.4 Å². The molecule has 2 rings (SSSR count). The largest absolute Gasteiger partial charge is 0.506 e. The number of Topliss-reactive ketones (excluding diaryl/α,β-unsaturated/α-hetero) is 1. The fourth-order valence-corrected chi connectivity index (χ4v) is 2.45. The number of halogens is 4. The maximum Gasteiger partial charge on any atom is 0.423 e.